The lowest BCUT2D eigenvalue weighted by atomic mass is 9.92. The standard InChI is InChI=1S/C19H23N5O3/c1-11(2)16-22-18(27-23-16)12-5-7-13(8-6-12)21-19(26)24-9-3-4-14-15(24)10-20-17(14)25/h5-8,11,14-15H,3-4,9-10H2,1-2H3,(H,20,25)(H,21,26)/t14-,15-/m0/s1. The highest BCUT2D eigenvalue weighted by molar-refractivity contribution is 5.91. The number of piperidine rings is 1. The second-order valence-electron chi connectivity index (χ2n) is 7.37. The van der Waals surface area contributed by atoms with Crippen molar-refractivity contribution in [1.82, 2.24) is 20.4 Å². The van der Waals surface area contributed by atoms with Crippen LogP contribution >= 0.6 is 0 Å². The van der Waals surface area contributed by atoms with Crippen molar-refractivity contribution in [3.63, 3.8) is 0 Å². The molecule has 0 spiro atoms. The van der Waals surface area contributed by atoms with Gasteiger partial charge in [0.25, 0.3) is 5.89 Å². The van der Waals surface area contributed by atoms with Gasteiger partial charge in [-0.25, -0.2) is 4.79 Å². The summed E-state index contributed by atoms with van der Waals surface area (Å²) in [5, 5.41) is 9.75. The number of nitrogens with zero attached hydrogens (tertiary/aromatic N) is 3. The Morgan fingerprint density at radius 3 is 2.81 bits per heavy atom. The Hall–Kier alpha value is -2.90. The average molecular weight is 369 g/mol. The molecule has 2 saturated heterocycles. The van der Waals surface area contributed by atoms with Gasteiger partial charge >= 0.3 is 6.03 Å². The van der Waals surface area contributed by atoms with Gasteiger partial charge in [0.15, 0.2) is 5.82 Å². The highest BCUT2D eigenvalue weighted by Crippen LogP contribution is 2.28. The molecule has 3 amide bonds. The average Bonchev–Trinajstić information content (AvgIpc) is 3.30. The van der Waals surface area contributed by atoms with E-state index in [2.05, 4.69) is 20.8 Å². The van der Waals surface area contributed by atoms with Crippen molar-refractivity contribution in [3.8, 4) is 11.5 Å². The molecular formula is C19H23N5O3. The molecule has 8 nitrogen and oxygen atoms in total. The number of nitrogens with one attached hydrogen (secondary N) is 2. The molecule has 0 aliphatic carbocycles. The molecule has 2 aliphatic heterocycles. The second kappa shape index (κ2) is 7.02. The summed E-state index contributed by atoms with van der Waals surface area (Å²) in [6.07, 6.45) is 1.69. The van der Waals surface area contributed by atoms with Gasteiger partial charge in [-0.3, -0.25) is 4.79 Å². The number of amides is 3. The summed E-state index contributed by atoms with van der Waals surface area (Å²) in [7, 11) is 0. The molecule has 4 rings (SSSR count). The Kier molecular flexibility index (Phi) is 4.55. The van der Waals surface area contributed by atoms with Crippen molar-refractivity contribution in [3.05, 3.63) is 30.1 Å². The monoisotopic (exact) mass is 369 g/mol. The van der Waals surface area contributed by atoms with Gasteiger partial charge in [0.05, 0.1) is 12.0 Å². The molecule has 8 heteroatoms. The van der Waals surface area contributed by atoms with E-state index < -0.39 is 0 Å². The third kappa shape index (κ3) is 3.39. The predicted molar refractivity (Wildman–Crippen MR) is 99.1 cm³/mol. The minimum Gasteiger partial charge on any atom is -0.354 e. The molecule has 0 saturated carbocycles. The number of hydrogen-bond acceptors (Lipinski definition) is 5. The smallest absolute Gasteiger partial charge is 0.322 e. The first-order valence-electron chi connectivity index (χ1n) is 9.32. The van der Waals surface area contributed by atoms with E-state index in [0.717, 1.165) is 18.4 Å². The van der Waals surface area contributed by atoms with Crippen molar-refractivity contribution in [2.45, 2.75) is 38.6 Å². The number of likely N-dealkylation sites (tertiary alicyclic amines) is 1. The van der Waals surface area contributed by atoms with Crippen LogP contribution in [0, 0.1) is 5.92 Å². The van der Waals surface area contributed by atoms with Gasteiger partial charge in [-0.2, -0.15) is 4.98 Å². The molecule has 142 valence electrons. The van der Waals surface area contributed by atoms with Gasteiger partial charge in [0.2, 0.25) is 5.91 Å². The van der Waals surface area contributed by atoms with Crippen LogP contribution in [0.25, 0.3) is 11.5 Å². The van der Waals surface area contributed by atoms with Crippen molar-refractivity contribution in [1.29, 1.82) is 0 Å². The Balaban J connectivity index is 1.43. The zero-order chi connectivity index (χ0) is 19.0. The Bertz CT molecular complexity index is 845. The van der Waals surface area contributed by atoms with Gasteiger partial charge in [0, 0.05) is 30.3 Å². The fourth-order valence-corrected chi connectivity index (χ4v) is 3.68. The first-order valence-corrected chi connectivity index (χ1v) is 9.32. The van der Waals surface area contributed by atoms with Crippen molar-refractivity contribution in [2.24, 2.45) is 5.92 Å². The lowest BCUT2D eigenvalue weighted by molar-refractivity contribution is -0.123. The van der Waals surface area contributed by atoms with Crippen LogP contribution in [0.3, 0.4) is 0 Å². The first kappa shape index (κ1) is 17.5. The number of anilines is 1. The number of urea groups is 1. The van der Waals surface area contributed by atoms with Crippen molar-refractivity contribution >= 4 is 17.6 Å². The maximum absolute atomic E-state index is 12.7. The maximum atomic E-state index is 12.7. The maximum Gasteiger partial charge on any atom is 0.322 e. The Labute approximate surface area is 157 Å². The largest absolute Gasteiger partial charge is 0.354 e. The van der Waals surface area contributed by atoms with Crippen LogP contribution < -0.4 is 10.6 Å². The van der Waals surface area contributed by atoms with E-state index >= 15 is 0 Å². The molecule has 0 radical (unpaired) electrons. The number of aromatic nitrogens is 2. The molecule has 2 N–H and O–H groups in total. The van der Waals surface area contributed by atoms with Gasteiger partial charge < -0.3 is 20.1 Å². The van der Waals surface area contributed by atoms with Crippen LogP contribution in [-0.4, -0.2) is 46.1 Å². The molecule has 0 bridgehead atoms. The lowest BCUT2D eigenvalue weighted by Gasteiger charge is -2.35. The zero-order valence-electron chi connectivity index (χ0n) is 15.4. The summed E-state index contributed by atoms with van der Waals surface area (Å²) in [4.78, 5) is 30.7. The van der Waals surface area contributed by atoms with Crippen LogP contribution in [0.1, 0.15) is 38.4 Å². The normalized spacial score (nSPS) is 21.9. The quantitative estimate of drug-likeness (QED) is 0.866. The zero-order valence-corrected chi connectivity index (χ0v) is 15.4. The number of benzene rings is 1. The first-order chi connectivity index (χ1) is 13.0. The van der Waals surface area contributed by atoms with Crippen molar-refractivity contribution < 1.29 is 14.1 Å². The minimum atomic E-state index is -0.172. The molecule has 2 aromatic rings. The SMILES string of the molecule is CC(C)c1noc(-c2ccc(NC(=O)N3CCC[C@@H]4C(=O)NC[C@@H]43)cc2)n1. The van der Waals surface area contributed by atoms with E-state index in [0.29, 0.717) is 30.5 Å². The molecule has 1 aromatic carbocycles. The van der Waals surface area contributed by atoms with E-state index in [-0.39, 0.29) is 29.8 Å². The summed E-state index contributed by atoms with van der Waals surface area (Å²) >= 11 is 0. The highest BCUT2D eigenvalue weighted by Gasteiger charge is 2.42. The van der Waals surface area contributed by atoms with Crippen LogP contribution in [-0.2, 0) is 4.79 Å². The molecule has 2 aliphatic rings. The van der Waals surface area contributed by atoms with Gasteiger partial charge in [-0.15, -0.1) is 0 Å². The van der Waals surface area contributed by atoms with E-state index in [9.17, 15) is 9.59 Å². The number of carbonyl (C=O) groups is 2. The summed E-state index contributed by atoms with van der Waals surface area (Å²) in [6, 6.07) is 7.07. The van der Waals surface area contributed by atoms with Gasteiger partial charge in [-0.05, 0) is 37.1 Å². The molecule has 3 heterocycles. The number of carbonyl (C=O) groups excluding carboxylic acids is 2. The van der Waals surface area contributed by atoms with Crippen molar-refractivity contribution in [2.75, 3.05) is 18.4 Å². The van der Waals surface area contributed by atoms with Crippen LogP contribution in [0.15, 0.2) is 28.8 Å². The predicted octanol–water partition coefficient (Wildman–Crippen LogP) is 2.60. The van der Waals surface area contributed by atoms with E-state index in [1.165, 1.54) is 0 Å². The van der Waals surface area contributed by atoms with Gasteiger partial charge in [0.1, 0.15) is 0 Å². The minimum absolute atomic E-state index is 0.0571. The van der Waals surface area contributed by atoms with E-state index in [1.54, 1.807) is 4.90 Å². The Morgan fingerprint density at radius 2 is 2.11 bits per heavy atom. The molecule has 2 atom stereocenters. The topological polar surface area (TPSA) is 100 Å². The third-order valence-electron chi connectivity index (χ3n) is 5.20. The summed E-state index contributed by atoms with van der Waals surface area (Å²) in [5.41, 5.74) is 1.49. The lowest BCUT2D eigenvalue weighted by Crippen LogP contribution is -2.50. The third-order valence-corrected chi connectivity index (χ3v) is 5.20. The number of fused-ring (bicyclic) bond motifs is 1. The van der Waals surface area contributed by atoms with E-state index in [1.807, 2.05) is 38.1 Å². The molecular weight excluding hydrogens is 346 g/mol. The highest BCUT2D eigenvalue weighted by atomic mass is 16.5. The Morgan fingerprint density at radius 1 is 1.33 bits per heavy atom. The summed E-state index contributed by atoms with van der Waals surface area (Å²) in [5.74, 6) is 1.31. The summed E-state index contributed by atoms with van der Waals surface area (Å²) < 4.78 is 5.29. The fraction of sp³-hybridized carbons (Fsp3) is 0.474. The second-order valence-corrected chi connectivity index (χ2v) is 7.37. The number of hydrogen-bond donors (Lipinski definition) is 2. The molecule has 2 fully saturated rings. The number of rotatable bonds is 3. The molecule has 27 heavy (non-hydrogen) atoms. The van der Waals surface area contributed by atoms with Crippen LogP contribution in [0.4, 0.5) is 10.5 Å². The fourth-order valence-electron chi connectivity index (χ4n) is 3.68. The molecule has 1 aromatic heterocycles. The van der Waals surface area contributed by atoms with Crippen LogP contribution in [0.2, 0.25) is 0 Å². The summed E-state index contributed by atoms with van der Waals surface area (Å²) in [6.45, 7) is 5.21. The van der Waals surface area contributed by atoms with E-state index in [4.69, 9.17) is 4.52 Å². The molecule has 0 unspecified atom stereocenters. The van der Waals surface area contributed by atoms with Crippen LogP contribution in [0.5, 0.6) is 0 Å². The van der Waals surface area contributed by atoms with Gasteiger partial charge in [-0.1, -0.05) is 19.0 Å².